The first-order valence-corrected chi connectivity index (χ1v) is 6.33. The van der Waals surface area contributed by atoms with Crippen LogP contribution in [-0.2, 0) is 11.0 Å². The number of hydrogen-bond acceptors (Lipinski definition) is 3. The lowest BCUT2D eigenvalue weighted by atomic mass is 10.1. The van der Waals surface area contributed by atoms with Crippen molar-refractivity contribution < 1.29 is 18.0 Å². The van der Waals surface area contributed by atoms with Gasteiger partial charge in [0.2, 0.25) is 5.91 Å². The van der Waals surface area contributed by atoms with Crippen molar-refractivity contribution in [3.8, 4) is 0 Å². The SMILES string of the molecule is CCCNc1ccc(C(F)(F)F)cc1NC(=O)CCN.Cl.Cl. The third-order valence-corrected chi connectivity index (χ3v) is 2.56. The van der Waals surface area contributed by atoms with E-state index in [1.807, 2.05) is 6.92 Å². The van der Waals surface area contributed by atoms with Crippen LogP contribution < -0.4 is 16.4 Å². The Kier molecular flexibility index (Phi) is 11.1. The zero-order valence-corrected chi connectivity index (χ0v) is 13.6. The maximum Gasteiger partial charge on any atom is 0.416 e. The van der Waals surface area contributed by atoms with Gasteiger partial charge in [-0.05, 0) is 24.6 Å². The smallest absolute Gasteiger partial charge is 0.383 e. The molecule has 0 fully saturated rings. The summed E-state index contributed by atoms with van der Waals surface area (Å²) in [5, 5.41) is 5.43. The van der Waals surface area contributed by atoms with Crippen molar-refractivity contribution in [2.24, 2.45) is 5.73 Å². The summed E-state index contributed by atoms with van der Waals surface area (Å²) in [5.41, 5.74) is 5.02. The largest absolute Gasteiger partial charge is 0.416 e. The summed E-state index contributed by atoms with van der Waals surface area (Å²) in [6, 6.07) is 3.22. The van der Waals surface area contributed by atoms with Gasteiger partial charge in [-0.15, -0.1) is 24.8 Å². The molecular formula is C13H20Cl2F3N3O. The molecule has 4 nitrogen and oxygen atoms in total. The van der Waals surface area contributed by atoms with Gasteiger partial charge in [0.05, 0.1) is 16.9 Å². The third kappa shape index (κ3) is 7.20. The van der Waals surface area contributed by atoms with E-state index in [0.29, 0.717) is 12.2 Å². The summed E-state index contributed by atoms with van der Waals surface area (Å²) in [6.45, 7) is 2.68. The molecule has 22 heavy (non-hydrogen) atoms. The highest BCUT2D eigenvalue weighted by molar-refractivity contribution is 5.94. The zero-order chi connectivity index (χ0) is 15.2. The minimum Gasteiger partial charge on any atom is -0.383 e. The van der Waals surface area contributed by atoms with Crippen LogP contribution in [0.1, 0.15) is 25.3 Å². The first kappa shape index (κ1) is 23.1. The number of carbonyl (C=O) groups excluding carboxylic acids is 1. The molecule has 0 atom stereocenters. The molecule has 1 rings (SSSR count). The number of hydrogen-bond donors (Lipinski definition) is 3. The molecule has 0 bridgehead atoms. The molecule has 0 saturated carbocycles. The van der Waals surface area contributed by atoms with Crippen LogP contribution in [0.5, 0.6) is 0 Å². The van der Waals surface area contributed by atoms with E-state index in [9.17, 15) is 18.0 Å². The lowest BCUT2D eigenvalue weighted by molar-refractivity contribution is -0.137. The monoisotopic (exact) mass is 361 g/mol. The first-order valence-electron chi connectivity index (χ1n) is 6.33. The van der Waals surface area contributed by atoms with Crippen LogP contribution in [0.2, 0.25) is 0 Å². The Bertz CT molecular complexity index is 470. The molecule has 0 spiro atoms. The Labute approximate surface area is 139 Å². The van der Waals surface area contributed by atoms with Gasteiger partial charge in [-0.2, -0.15) is 13.2 Å². The van der Waals surface area contributed by atoms with E-state index in [-0.39, 0.29) is 43.5 Å². The second-order valence-electron chi connectivity index (χ2n) is 4.27. The van der Waals surface area contributed by atoms with E-state index in [2.05, 4.69) is 10.6 Å². The lowest BCUT2D eigenvalue weighted by Gasteiger charge is -2.15. The fourth-order valence-corrected chi connectivity index (χ4v) is 1.58. The van der Waals surface area contributed by atoms with Gasteiger partial charge < -0.3 is 16.4 Å². The van der Waals surface area contributed by atoms with Gasteiger partial charge in [0.1, 0.15) is 0 Å². The molecular weight excluding hydrogens is 342 g/mol. The molecule has 0 aliphatic rings. The molecule has 1 aromatic carbocycles. The van der Waals surface area contributed by atoms with Crippen molar-refractivity contribution in [2.45, 2.75) is 25.9 Å². The minimum atomic E-state index is -4.45. The van der Waals surface area contributed by atoms with Crippen molar-refractivity contribution in [3.05, 3.63) is 23.8 Å². The number of benzene rings is 1. The number of anilines is 2. The minimum absolute atomic E-state index is 0. The molecule has 0 unspecified atom stereocenters. The highest BCUT2D eigenvalue weighted by Gasteiger charge is 2.31. The van der Waals surface area contributed by atoms with Crippen LogP contribution in [-0.4, -0.2) is 19.0 Å². The van der Waals surface area contributed by atoms with Gasteiger partial charge in [-0.1, -0.05) is 6.92 Å². The fourth-order valence-electron chi connectivity index (χ4n) is 1.58. The Morgan fingerprint density at radius 3 is 2.36 bits per heavy atom. The lowest BCUT2D eigenvalue weighted by Crippen LogP contribution is -2.18. The average Bonchev–Trinajstić information content (AvgIpc) is 2.36. The number of nitrogens with two attached hydrogens (primary N) is 1. The van der Waals surface area contributed by atoms with E-state index in [0.717, 1.165) is 18.6 Å². The van der Waals surface area contributed by atoms with Crippen molar-refractivity contribution in [3.63, 3.8) is 0 Å². The molecule has 0 heterocycles. The maximum absolute atomic E-state index is 12.7. The predicted octanol–water partition coefficient (Wildman–Crippen LogP) is 3.66. The first-order chi connectivity index (χ1) is 9.38. The number of alkyl halides is 3. The van der Waals surface area contributed by atoms with E-state index in [1.165, 1.54) is 6.07 Å². The summed E-state index contributed by atoms with van der Waals surface area (Å²) >= 11 is 0. The van der Waals surface area contributed by atoms with Gasteiger partial charge in [0, 0.05) is 19.5 Å². The molecule has 9 heteroatoms. The summed E-state index contributed by atoms with van der Waals surface area (Å²) in [7, 11) is 0. The Hall–Kier alpha value is -1.18. The number of carbonyl (C=O) groups is 1. The second-order valence-corrected chi connectivity index (χ2v) is 4.27. The normalized spacial score (nSPS) is 10.2. The van der Waals surface area contributed by atoms with Crippen LogP contribution >= 0.6 is 24.8 Å². The average molecular weight is 362 g/mol. The Morgan fingerprint density at radius 1 is 1.23 bits per heavy atom. The van der Waals surface area contributed by atoms with E-state index < -0.39 is 17.6 Å². The summed E-state index contributed by atoms with van der Waals surface area (Å²) < 4.78 is 38.1. The van der Waals surface area contributed by atoms with Crippen molar-refractivity contribution in [2.75, 3.05) is 23.7 Å². The van der Waals surface area contributed by atoms with E-state index in [4.69, 9.17) is 5.73 Å². The zero-order valence-electron chi connectivity index (χ0n) is 12.0. The van der Waals surface area contributed by atoms with E-state index in [1.54, 1.807) is 0 Å². The second kappa shape index (κ2) is 10.5. The molecule has 0 radical (unpaired) electrons. The van der Waals surface area contributed by atoms with Gasteiger partial charge in [0.25, 0.3) is 0 Å². The van der Waals surface area contributed by atoms with Gasteiger partial charge in [-0.3, -0.25) is 4.79 Å². The third-order valence-electron chi connectivity index (χ3n) is 2.56. The molecule has 1 amide bonds. The van der Waals surface area contributed by atoms with E-state index >= 15 is 0 Å². The topological polar surface area (TPSA) is 67.1 Å². The molecule has 0 aromatic heterocycles. The standard InChI is InChI=1S/C13H18F3N3O.2ClH/c1-2-7-18-10-4-3-9(13(14,15)16)8-11(10)19-12(20)5-6-17;;/h3-4,8,18H,2,5-7,17H2,1H3,(H,19,20);2*1H. The molecule has 0 aliphatic carbocycles. The molecule has 1 aromatic rings. The Morgan fingerprint density at radius 2 is 1.86 bits per heavy atom. The van der Waals surface area contributed by atoms with Crippen LogP contribution in [0.4, 0.5) is 24.5 Å². The van der Waals surface area contributed by atoms with Crippen LogP contribution in [0, 0.1) is 0 Å². The van der Waals surface area contributed by atoms with Crippen LogP contribution in [0.25, 0.3) is 0 Å². The highest BCUT2D eigenvalue weighted by atomic mass is 35.5. The summed E-state index contributed by atoms with van der Waals surface area (Å²) in [5.74, 6) is -0.411. The number of amides is 1. The quantitative estimate of drug-likeness (QED) is 0.724. The van der Waals surface area contributed by atoms with Crippen LogP contribution in [0.15, 0.2) is 18.2 Å². The maximum atomic E-state index is 12.7. The fraction of sp³-hybridized carbons (Fsp3) is 0.462. The predicted molar refractivity (Wildman–Crippen MR) is 87.0 cm³/mol. The number of nitrogens with one attached hydrogen (secondary N) is 2. The number of halogens is 5. The van der Waals surface area contributed by atoms with Crippen LogP contribution in [0.3, 0.4) is 0 Å². The van der Waals surface area contributed by atoms with Gasteiger partial charge in [-0.25, -0.2) is 0 Å². The summed E-state index contributed by atoms with van der Waals surface area (Å²) in [6.07, 6.45) is -3.57. The van der Waals surface area contributed by atoms with Crippen molar-refractivity contribution in [1.82, 2.24) is 0 Å². The van der Waals surface area contributed by atoms with Gasteiger partial charge in [0.15, 0.2) is 0 Å². The molecule has 0 saturated heterocycles. The molecule has 4 N–H and O–H groups in total. The molecule has 128 valence electrons. The highest BCUT2D eigenvalue weighted by Crippen LogP contribution is 2.34. The van der Waals surface area contributed by atoms with Gasteiger partial charge >= 0.3 is 6.18 Å². The summed E-state index contributed by atoms with van der Waals surface area (Å²) in [4.78, 5) is 11.5. The van der Waals surface area contributed by atoms with Crippen molar-refractivity contribution >= 4 is 42.1 Å². The van der Waals surface area contributed by atoms with Crippen molar-refractivity contribution in [1.29, 1.82) is 0 Å². The Balaban J connectivity index is 0. The number of rotatable bonds is 6. The molecule has 0 aliphatic heterocycles.